The summed E-state index contributed by atoms with van der Waals surface area (Å²) in [4.78, 5) is 0. The van der Waals surface area contributed by atoms with Crippen molar-refractivity contribution in [1.82, 2.24) is 5.32 Å². The number of nitrogens with one attached hydrogen (secondary N) is 2. The van der Waals surface area contributed by atoms with Gasteiger partial charge in [0.05, 0.1) is 11.1 Å². The number of hydrogen-bond donors (Lipinski definition) is 2. The molecule has 198 valence electrons. The van der Waals surface area contributed by atoms with E-state index in [1.165, 1.54) is 0 Å². The maximum absolute atomic E-state index is 13.3. The van der Waals surface area contributed by atoms with Crippen molar-refractivity contribution in [1.29, 1.82) is 0 Å². The van der Waals surface area contributed by atoms with Crippen molar-refractivity contribution in [2.45, 2.75) is 38.7 Å². The first kappa shape index (κ1) is 28.9. The highest BCUT2D eigenvalue weighted by atomic mass is 32.1. The molecule has 0 fully saturated rings. The van der Waals surface area contributed by atoms with Crippen LogP contribution in [0.2, 0.25) is 0 Å². The van der Waals surface area contributed by atoms with Gasteiger partial charge in [0.2, 0.25) is 0 Å². The summed E-state index contributed by atoms with van der Waals surface area (Å²) in [6.45, 7) is 4.06. The predicted octanol–water partition coefficient (Wildman–Crippen LogP) is 7.56. The molecule has 0 spiro atoms. The van der Waals surface area contributed by atoms with Gasteiger partial charge in [0.1, 0.15) is 0 Å². The van der Waals surface area contributed by atoms with Crippen LogP contribution >= 0.6 is 20.1 Å². The Labute approximate surface area is 219 Å². The van der Waals surface area contributed by atoms with Crippen LogP contribution in [0.15, 0.2) is 78.9 Å². The Hall–Kier alpha value is -2.64. The van der Waals surface area contributed by atoms with Crippen molar-refractivity contribution in [2.24, 2.45) is 5.92 Å². The van der Waals surface area contributed by atoms with E-state index in [1.54, 1.807) is 0 Å². The number of alkyl halides is 6. The molecule has 3 rings (SSSR count). The lowest BCUT2D eigenvalue weighted by Gasteiger charge is -2.30. The SMILES string of the molecule is CCC(C)C(CP(c1ccccc1)c1ccccc1)NC(=S)Nc1cc(C(F)(F)F)cc(C(F)(F)F)c1. The monoisotopic (exact) mass is 556 g/mol. The van der Waals surface area contributed by atoms with Crippen molar-refractivity contribution in [2.75, 3.05) is 11.5 Å². The third kappa shape index (κ3) is 8.17. The minimum absolute atomic E-state index is 0.0335. The van der Waals surface area contributed by atoms with Crippen molar-refractivity contribution in [3.05, 3.63) is 90.0 Å². The van der Waals surface area contributed by atoms with E-state index in [-0.39, 0.29) is 28.8 Å². The van der Waals surface area contributed by atoms with E-state index in [0.29, 0.717) is 18.3 Å². The molecule has 2 N–H and O–H groups in total. The lowest BCUT2D eigenvalue weighted by Crippen LogP contribution is -2.44. The van der Waals surface area contributed by atoms with Gasteiger partial charge in [0.25, 0.3) is 0 Å². The highest BCUT2D eigenvalue weighted by molar-refractivity contribution is 7.80. The largest absolute Gasteiger partial charge is 0.416 e. The fourth-order valence-electron chi connectivity index (χ4n) is 3.79. The minimum Gasteiger partial charge on any atom is -0.359 e. The standard InChI is InChI=1S/C27H27F6N2PS/c1-3-18(2)24(17-36(22-10-6-4-7-11-22)23-12-8-5-9-13-23)35-25(37)34-21-15-19(26(28,29)30)14-20(16-21)27(31,32)33/h4-16,18,24H,3,17H2,1-2H3,(H2,34,35,37). The Bertz CT molecular complexity index is 1100. The first-order valence-corrected chi connectivity index (χ1v) is 13.6. The van der Waals surface area contributed by atoms with E-state index >= 15 is 0 Å². The third-order valence-corrected chi connectivity index (χ3v) is 8.83. The molecule has 3 aromatic rings. The fourth-order valence-corrected chi connectivity index (χ4v) is 6.69. The number of rotatable bonds is 8. The molecule has 3 aromatic carbocycles. The van der Waals surface area contributed by atoms with Crippen LogP contribution in [0.5, 0.6) is 0 Å². The normalized spacial score (nSPS) is 13.8. The Morgan fingerprint density at radius 3 is 1.68 bits per heavy atom. The summed E-state index contributed by atoms with van der Waals surface area (Å²) in [5.74, 6) is 0.129. The average molecular weight is 557 g/mol. The Balaban J connectivity index is 1.87. The Kier molecular flexibility index (Phi) is 9.59. The summed E-state index contributed by atoms with van der Waals surface area (Å²) in [6.07, 6.45) is -8.40. The maximum atomic E-state index is 13.3. The molecule has 0 saturated heterocycles. The zero-order valence-corrected chi connectivity index (χ0v) is 21.9. The van der Waals surface area contributed by atoms with Crippen molar-refractivity contribution in [3.63, 3.8) is 0 Å². The van der Waals surface area contributed by atoms with E-state index in [2.05, 4.69) is 34.9 Å². The molecule has 10 heteroatoms. The molecule has 0 heterocycles. The van der Waals surface area contributed by atoms with Gasteiger partial charge in [0.15, 0.2) is 5.11 Å². The van der Waals surface area contributed by atoms with Gasteiger partial charge in [-0.15, -0.1) is 0 Å². The van der Waals surface area contributed by atoms with Gasteiger partial charge in [0, 0.05) is 11.7 Å². The second-order valence-electron chi connectivity index (χ2n) is 8.67. The molecule has 0 radical (unpaired) electrons. The van der Waals surface area contributed by atoms with Crippen LogP contribution in [-0.2, 0) is 12.4 Å². The number of benzene rings is 3. The molecule has 0 aliphatic rings. The predicted molar refractivity (Wildman–Crippen MR) is 143 cm³/mol. The van der Waals surface area contributed by atoms with Gasteiger partial charge >= 0.3 is 12.4 Å². The molecular formula is C27H27F6N2PS. The van der Waals surface area contributed by atoms with Gasteiger partial charge in [-0.25, -0.2) is 0 Å². The van der Waals surface area contributed by atoms with Crippen molar-refractivity contribution in [3.8, 4) is 0 Å². The second kappa shape index (κ2) is 12.3. The van der Waals surface area contributed by atoms with Crippen molar-refractivity contribution < 1.29 is 26.3 Å². The lowest BCUT2D eigenvalue weighted by atomic mass is 10.0. The third-order valence-electron chi connectivity index (χ3n) is 6.01. The fraction of sp³-hybridized carbons (Fsp3) is 0.296. The van der Waals surface area contributed by atoms with Crippen molar-refractivity contribution >= 4 is 41.5 Å². The van der Waals surface area contributed by atoms with E-state index in [0.717, 1.165) is 17.0 Å². The van der Waals surface area contributed by atoms with Crippen LogP contribution in [0, 0.1) is 5.92 Å². The molecule has 0 amide bonds. The Morgan fingerprint density at radius 2 is 1.27 bits per heavy atom. The molecule has 2 unspecified atom stereocenters. The second-order valence-corrected chi connectivity index (χ2v) is 11.3. The highest BCUT2D eigenvalue weighted by Gasteiger charge is 2.37. The number of anilines is 1. The first-order chi connectivity index (χ1) is 17.4. The number of halogens is 6. The van der Waals surface area contributed by atoms with Gasteiger partial charge in [-0.3, -0.25) is 0 Å². The number of hydrogen-bond acceptors (Lipinski definition) is 1. The van der Waals surface area contributed by atoms with Crippen LogP contribution in [0.3, 0.4) is 0 Å². The van der Waals surface area contributed by atoms with E-state index in [1.807, 2.05) is 50.2 Å². The maximum Gasteiger partial charge on any atom is 0.416 e. The summed E-state index contributed by atoms with van der Waals surface area (Å²) < 4.78 is 79.6. The zero-order chi connectivity index (χ0) is 27.2. The molecule has 2 nitrogen and oxygen atoms in total. The van der Waals surface area contributed by atoms with Gasteiger partial charge in [-0.1, -0.05) is 80.9 Å². The molecule has 2 atom stereocenters. The smallest absolute Gasteiger partial charge is 0.359 e. The van der Waals surface area contributed by atoms with Gasteiger partial charge < -0.3 is 10.6 Å². The molecule has 0 saturated carbocycles. The van der Waals surface area contributed by atoms with Gasteiger partial charge in [-0.05, 0) is 61.0 Å². The summed E-state index contributed by atoms with van der Waals surface area (Å²) >= 11 is 5.36. The van der Waals surface area contributed by atoms with Crippen LogP contribution in [0.1, 0.15) is 31.4 Å². The summed E-state index contributed by atoms with van der Waals surface area (Å²) in [7, 11) is -0.807. The summed E-state index contributed by atoms with van der Waals surface area (Å²) in [5, 5.41) is 8.02. The quantitative estimate of drug-likeness (QED) is 0.170. The summed E-state index contributed by atoms with van der Waals surface area (Å²) in [5.41, 5.74) is -3.18. The summed E-state index contributed by atoms with van der Waals surface area (Å²) in [6, 6.07) is 21.2. The lowest BCUT2D eigenvalue weighted by molar-refractivity contribution is -0.143. The Morgan fingerprint density at radius 1 is 0.811 bits per heavy atom. The van der Waals surface area contributed by atoms with Gasteiger partial charge in [-0.2, -0.15) is 26.3 Å². The molecule has 0 aliphatic heterocycles. The van der Waals surface area contributed by atoms with E-state index < -0.39 is 31.4 Å². The van der Waals surface area contributed by atoms with E-state index in [4.69, 9.17) is 12.2 Å². The molecular weight excluding hydrogens is 529 g/mol. The highest BCUT2D eigenvalue weighted by Crippen LogP contribution is 2.38. The minimum atomic E-state index is -4.94. The molecule has 37 heavy (non-hydrogen) atoms. The topological polar surface area (TPSA) is 24.1 Å². The van der Waals surface area contributed by atoms with Crippen LogP contribution in [-0.4, -0.2) is 17.3 Å². The molecule has 0 aromatic heterocycles. The first-order valence-electron chi connectivity index (χ1n) is 11.6. The van der Waals surface area contributed by atoms with Crippen LogP contribution in [0.4, 0.5) is 32.0 Å². The zero-order valence-electron chi connectivity index (χ0n) is 20.2. The molecule has 0 bridgehead atoms. The van der Waals surface area contributed by atoms with Crippen LogP contribution < -0.4 is 21.2 Å². The number of thiocarbonyl (C=S) groups is 1. The average Bonchev–Trinajstić information content (AvgIpc) is 2.85. The molecule has 0 aliphatic carbocycles. The van der Waals surface area contributed by atoms with E-state index in [9.17, 15) is 26.3 Å². The van der Waals surface area contributed by atoms with Crippen LogP contribution in [0.25, 0.3) is 0 Å².